The normalized spacial score (nSPS) is 10.9. The van der Waals surface area contributed by atoms with Gasteiger partial charge in [-0.05, 0) is 35.9 Å². The van der Waals surface area contributed by atoms with Gasteiger partial charge in [-0.2, -0.15) is 13.2 Å². The zero-order valence-corrected chi connectivity index (χ0v) is 14.1. The smallest absolute Gasteiger partial charge is 0.416 e. The highest BCUT2D eigenvalue weighted by Gasteiger charge is 2.30. The highest BCUT2D eigenvalue weighted by Crippen LogP contribution is 2.31. The van der Waals surface area contributed by atoms with Crippen LogP contribution in [0.1, 0.15) is 11.1 Å². The number of anilines is 1. The number of nitrogens with one attached hydrogen (secondary N) is 2. The minimum atomic E-state index is -4.43. The van der Waals surface area contributed by atoms with E-state index in [0.717, 1.165) is 12.1 Å². The van der Waals surface area contributed by atoms with Crippen LogP contribution >= 0.6 is 0 Å². The van der Waals surface area contributed by atoms with Gasteiger partial charge in [-0.25, -0.2) is 10.4 Å². The van der Waals surface area contributed by atoms with Gasteiger partial charge in [-0.3, -0.25) is 4.79 Å². The lowest BCUT2D eigenvalue weighted by molar-refractivity contribution is -0.320. The Morgan fingerprint density at radius 1 is 1.15 bits per heavy atom. The Bertz CT molecular complexity index is 781. The third-order valence-corrected chi connectivity index (χ3v) is 3.16. The fraction of sp³-hybridized carbons (Fsp3) is 0.167. The number of carbonyl (C=O) groups is 1. The summed E-state index contributed by atoms with van der Waals surface area (Å²) < 4.78 is 43.5. The Kier molecular flexibility index (Phi) is 7.21. The van der Waals surface area contributed by atoms with Crippen LogP contribution in [0.25, 0.3) is 0 Å². The van der Waals surface area contributed by atoms with Gasteiger partial charge in [0, 0.05) is 11.9 Å². The molecule has 0 aliphatic carbocycles. The minimum Gasteiger partial charge on any atom is -0.489 e. The van der Waals surface area contributed by atoms with Crippen molar-refractivity contribution in [1.82, 2.24) is 5.48 Å². The summed E-state index contributed by atoms with van der Waals surface area (Å²) in [5.74, 6) is -0.364. The lowest BCUT2D eigenvalue weighted by Crippen LogP contribution is -2.20. The maximum absolute atomic E-state index is 12.7. The second-order valence-corrected chi connectivity index (χ2v) is 5.23. The molecule has 6 nitrogen and oxygen atoms in total. The molecule has 0 bridgehead atoms. The zero-order chi connectivity index (χ0) is 19.7. The SMILES string of the molecule is C=CNOOCC(=O)Nc1cccc(COc2cccc(C(F)(F)F)c2)c1. The van der Waals surface area contributed by atoms with E-state index in [-0.39, 0.29) is 19.0 Å². The monoisotopic (exact) mass is 382 g/mol. The van der Waals surface area contributed by atoms with Crippen molar-refractivity contribution >= 4 is 11.6 Å². The summed E-state index contributed by atoms with van der Waals surface area (Å²) in [5.41, 5.74) is 2.55. The Morgan fingerprint density at radius 2 is 1.93 bits per heavy atom. The van der Waals surface area contributed by atoms with Crippen LogP contribution in [0.3, 0.4) is 0 Å². The molecule has 1 amide bonds. The summed E-state index contributed by atoms with van der Waals surface area (Å²) >= 11 is 0. The van der Waals surface area contributed by atoms with Gasteiger partial charge >= 0.3 is 6.18 Å². The van der Waals surface area contributed by atoms with E-state index in [2.05, 4.69) is 27.3 Å². The Labute approximate surface area is 153 Å². The van der Waals surface area contributed by atoms with Crippen molar-refractivity contribution in [2.75, 3.05) is 11.9 Å². The van der Waals surface area contributed by atoms with E-state index >= 15 is 0 Å². The van der Waals surface area contributed by atoms with Crippen LogP contribution in [-0.4, -0.2) is 12.5 Å². The molecule has 27 heavy (non-hydrogen) atoms. The van der Waals surface area contributed by atoms with E-state index in [1.807, 2.05) is 0 Å². The number of benzene rings is 2. The summed E-state index contributed by atoms with van der Waals surface area (Å²) in [5, 5.41) is 2.58. The highest BCUT2D eigenvalue weighted by atomic mass is 19.4. The predicted octanol–water partition coefficient (Wildman–Crippen LogP) is 3.82. The van der Waals surface area contributed by atoms with Crippen molar-refractivity contribution < 1.29 is 32.6 Å². The molecule has 2 aromatic rings. The van der Waals surface area contributed by atoms with Crippen LogP contribution in [0.15, 0.2) is 61.3 Å². The van der Waals surface area contributed by atoms with Crippen molar-refractivity contribution in [1.29, 1.82) is 0 Å². The number of ether oxygens (including phenoxy) is 1. The summed E-state index contributed by atoms with van der Waals surface area (Å²) in [4.78, 5) is 20.7. The maximum Gasteiger partial charge on any atom is 0.416 e. The summed E-state index contributed by atoms with van der Waals surface area (Å²) in [7, 11) is 0. The third kappa shape index (κ3) is 7.00. The fourth-order valence-electron chi connectivity index (χ4n) is 2.02. The van der Waals surface area contributed by atoms with E-state index in [4.69, 9.17) is 4.74 Å². The summed E-state index contributed by atoms with van der Waals surface area (Å²) in [6.45, 7) is 3.01. The van der Waals surface area contributed by atoms with Crippen LogP contribution in [0, 0.1) is 0 Å². The molecule has 0 radical (unpaired) electrons. The van der Waals surface area contributed by atoms with E-state index < -0.39 is 17.6 Å². The Balaban J connectivity index is 1.90. The molecule has 144 valence electrons. The number of halogens is 3. The van der Waals surface area contributed by atoms with Gasteiger partial charge in [-0.1, -0.05) is 24.8 Å². The first-order valence-corrected chi connectivity index (χ1v) is 7.72. The highest BCUT2D eigenvalue weighted by molar-refractivity contribution is 5.91. The van der Waals surface area contributed by atoms with Crippen molar-refractivity contribution in [3.8, 4) is 5.75 Å². The molecule has 0 atom stereocenters. The molecule has 0 unspecified atom stereocenters. The minimum absolute atomic E-state index is 0.0356. The first kappa shape index (κ1) is 20.3. The molecule has 2 N–H and O–H groups in total. The van der Waals surface area contributed by atoms with Crippen LogP contribution in [0.5, 0.6) is 5.75 Å². The number of hydrogen-bond acceptors (Lipinski definition) is 5. The molecule has 0 aromatic heterocycles. The van der Waals surface area contributed by atoms with Crippen LogP contribution < -0.4 is 15.5 Å². The molecule has 0 aliphatic heterocycles. The molecule has 0 saturated heterocycles. The van der Waals surface area contributed by atoms with E-state index in [1.165, 1.54) is 18.3 Å². The molecule has 0 saturated carbocycles. The van der Waals surface area contributed by atoms with Gasteiger partial charge in [0.2, 0.25) is 0 Å². The standard InChI is InChI=1S/C18H17F3N2O4/c1-2-22-27-26-12-17(24)23-15-7-3-5-13(9-15)11-25-16-8-4-6-14(10-16)18(19,20)21/h2-10,22H,1,11-12H2,(H,23,24). The van der Waals surface area contributed by atoms with Crippen LogP contribution in [0.4, 0.5) is 18.9 Å². The molecule has 0 spiro atoms. The van der Waals surface area contributed by atoms with E-state index in [1.54, 1.807) is 24.3 Å². The molecular formula is C18H17F3N2O4. The molecule has 2 aromatic carbocycles. The van der Waals surface area contributed by atoms with E-state index in [0.29, 0.717) is 11.3 Å². The summed E-state index contributed by atoms with van der Waals surface area (Å²) in [6, 6.07) is 11.3. The lowest BCUT2D eigenvalue weighted by atomic mass is 10.2. The van der Waals surface area contributed by atoms with E-state index in [9.17, 15) is 18.0 Å². The van der Waals surface area contributed by atoms with Crippen molar-refractivity contribution in [3.63, 3.8) is 0 Å². The number of rotatable bonds is 9. The average molecular weight is 382 g/mol. The van der Waals surface area contributed by atoms with Gasteiger partial charge in [0.15, 0.2) is 6.61 Å². The number of alkyl halides is 3. The average Bonchev–Trinajstić information content (AvgIpc) is 2.63. The molecular weight excluding hydrogens is 365 g/mol. The second kappa shape index (κ2) is 9.60. The van der Waals surface area contributed by atoms with Crippen molar-refractivity contribution in [2.45, 2.75) is 12.8 Å². The van der Waals surface area contributed by atoms with Crippen LogP contribution in [-0.2, 0) is 27.5 Å². The Hall–Kier alpha value is -3.04. The molecule has 9 heteroatoms. The Morgan fingerprint density at radius 3 is 2.67 bits per heavy atom. The number of amides is 1. The molecule has 0 heterocycles. The quantitative estimate of drug-likeness (QED) is 0.392. The maximum atomic E-state index is 12.7. The fourth-order valence-corrected chi connectivity index (χ4v) is 2.02. The van der Waals surface area contributed by atoms with Gasteiger partial charge in [0.05, 0.1) is 5.56 Å². The largest absolute Gasteiger partial charge is 0.489 e. The number of hydrogen-bond donors (Lipinski definition) is 2. The third-order valence-electron chi connectivity index (χ3n) is 3.16. The first-order chi connectivity index (χ1) is 12.9. The zero-order valence-electron chi connectivity index (χ0n) is 14.1. The lowest BCUT2D eigenvalue weighted by Gasteiger charge is -2.11. The summed E-state index contributed by atoms with van der Waals surface area (Å²) in [6.07, 6.45) is -3.21. The first-order valence-electron chi connectivity index (χ1n) is 7.72. The topological polar surface area (TPSA) is 68.8 Å². The number of hydroxylamine groups is 1. The second-order valence-electron chi connectivity index (χ2n) is 5.23. The van der Waals surface area contributed by atoms with Gasteiger partial charge in [-0.15, -0.1) is 4.99 Å². The van der Waals surface area contributed by atoms with Crippen LogP contribution in [0.2, 0.25) is 0 Å². The predicted molar refractivity (Wildman–Crippen MR) is 91.2 cm³/mol. The molecule has 0 fully saturated rings. The van der Waals surface area contributed by atoms with Crippen molar-refractivity contribution in [2.24, 2.45) is 0 Å². The van der Waals surface area contributed by atoms with Gasteiger partial charge in [0.25, 0.3) is 5.91 Å². The molecule has 0 aliphatic rings. The van der Waals surface area contributed by atoms with Gasteiger partial charge in [0.1, 0.15) is 12.4 Å². The molecule has 2 rings (SSSR count). The van der Waals surface area contributed by atoms with Crippen molar-refractivity contribution in [3.05, 3.63) is 72.4 Å². The van der Waals surface area contributed by atoms with Gasteiger partial charge < -0.3 is 10.1 Å². The number of carbonyl (C=O) groups excluding carboxylic acids is 1.